The Hall–Kier alpha value is -1.43. The van der Waals surface area contributed by atoms with Gasteiger partial charge in [-0.15, -0.1) is 0 Å². The largest absolute Gasteiger partial charge is 0.240 e. The van der Waals surface area contributed by atoms with E-state index in [2.05, 4.69) is 4.72 Å². The molecule has 21 heavy (non-hydrogen) atoms. The number of sulfonamides is 1. The Bertz CT molecular complexity index is 717. The van der Waals surface area contributed by atoms with E-state index in [1.165, 1.54) is 12.1 Å². The molecule has 1 unspecified atom stereocenters. The normalized spacial score (nSPS) is 13.1. The van der Waals surface area contributed by atoms with Crippen molar-refractivity contribution in [2.45, 2.75) is 24.3 Å². The Kier molecular flexibility index (Phi) is 4.98. The van der Waals surface area contributed by atoms with Crippen LogP contribution in [0.15, 0.2) is 53.4 Å². The van der Waals surface area contributed by atoms with Crippen molar-refractivity contribution >= 4 is 21.6 Å². The molecule has 3 nitrogen and oxygen atoms in total. The summed E-state index contributed by atoms with van der Waals surface area (Å²) in [5.41, 5.74) is 0.941. The number of rotatable bonds is 5. The Morgan fingerprint density at radius 3 is 2.48 bits per heavy atom. The van der Waals surface area contributed by atoms with Crippen LogP contribution in [0.1, 0.15) is 12.5 Å². The van der Waals surface area contributed by atoms with Gasteiger partial charge in [-0.1, -0.05) is 23.7 Å². The van der Waals surface area contributed by atoms with Gasteiger partial charge in [-0.2, -0.15) is 0 Å². The summed E-state index contributed by atoms with van der Waals surface area (Å²) in [4.78, 5) is 0.0434. The summed E-state index contributed by atoms with van der Waals surface area (Å²) in [6.07, 6.45) is 0.515. The molecule has 0 bridgehead atoms. The van der Waals surface area contributed by atoms with Crippen LogP contribution in [0.3, 0.4) is 0 Å². The molecular formula is C15H15ClFNO2S. The fraction of sp³-hybridized carbons (Fsp3) is 0.200. The van der Waals surface area contributed by atoms with E-state index in [9.17, 15) is 12.8 Å². The Labute approximate surface area is 128 Å². The summed E-state index contributed by atoms with van der Waals surface area (Å²) in [7, 11) is -3.66. The van der Waals surface area contributed by atoms with E-state index in [1.54, 1.807) is 19.1 Å². The lowest BCUT2D eigenvalue weighted by Gasteiger charge is -2.14. The van der Waals surface area contributed by atoms with E-state index in [0.29, 0.717) is 11.4 Å². The standard InChI is InChI=1S/C15H15ClFNO2S/c1-11(9-12-3-2-4-13(16)10-12)18-21(19,20)15-7-5-14(17)6-8-15/h2-8,10-11,18H,9H2,1H3. The van der Waals surface area contributed by atoms with E-state index >= 15 is 0 Å². The first-order valence-electron chi connectivity index (χ1n) is 6.39. The number of nitrogens with one attached hydrogen (secondary N) is 1. The summed E-state index contributed by atoms with van der Waals surface area (Å²) in [6, 6.07) is 11.7. The Morgan fingerprint density at radius 2 is 1.86 bits per heavy atom. The minimum absolute atomic E-state index is 0.0434. The van der Waals surface area contributed by atoms with Crippen LogP contribution >= 0.6 is 11.6 Å². The van der Waals surface area contributed by atoms with Gasteiger partial charge in [0.1, 0.15) is 5.82 Å². The fourth-order valence-corrected chi connectivity index (χ4v) is 3.46. The van der Waals surface area contributed by atoms with Gasteiger partial charge in [-0.3, -0.25) is 0 Å². The average molecular weight is 328 g/mol. The van der Waals surface area contributed by atoms with E-state index in [1.807, 2.05) is 12.1 Å². The lowest BCUT2D eigenvalue weighted by Crippen LogP contribution is -2.34. The molecule has 0 saturated carbocycles. The Morgan fingerprint density at radius 1 is 1.19 bits per heavy atom. The summed E-state index contributed by atoms with van der Waals surface area (Å²) in [5, 5.41) is 0.612. The zero-order valence-electron chi connectivity index (χ0n) is 11.4. The summed E-state index contributed by atoms with van der Waals surface area (Å²) in [6.45, 7) is 1.77. The second-order valence-corrected chi connectivity index (χ2v) is 6.96. The van der Waals surface area contributed by atoms with Crippen molar-refractivity contribution in [1.29, 1.82) is 0 Å². The smallest absolute Gasteiger partial charge is 0.208 e. The molecule has 0 amide bonds. The lowest BCUT2D eigenvalue weighted by molar-refractivity contribution is 0.559. The van der Waals surface area contributed by atoms with E-state index in [-0.39, 0.29) is 10.9 Å². The van der Waals surface area contributed by atoms with E-state index < -0.39 is 15.8 Å². The maximum Gasteiger partial charge on any atom is 0.240 e. The maximum atomic E-state index is 12.8. The molecule has 0 aromatic heterocycles. The van der Waals surface area contributed by atoms with Crippen molar-refractivity contribution in [3.05, 3.63) is 64.9 Å². The molecule has 6 heteroatoms. The van der Waals surface area contributed by atoms with Gasteiger partial charge in [0.2, 0.25) is 10.0 Å². The molecule has 0 aliphatic carbocycles. The number of benzene rings is 2. The zero-order valence-corrected chi connectivity index (χ0v) is 13.0. The minimum Gasteiger partial charge on any atom is -0.208 e. The fourth-order valence-electron chi connectivity index (χ4n) is 2.01. The molecule has 0 aliphatic rings. The molecule has 2 aromatic rings. The van der Waals surface area contributed by atoms with E-state index in [0.717, 1.165) is 17.7 Å². The second kappa shape index (κ2) is 6.56. The number of hydrogen-bond donors (Lipinski definition) is 1. The lowest BCUT2D eigenvalue weighted by atomic mass is 10.1. The molecule has 0 fully saturated rings. The van der Waals surface area contributed by atoms with Crippen LogP contribution in [0.5, 0.6) is 0 Å². The first-order valence-corrected chi connectivity index (χ1v) is 8.25. The second-order valence-electron chi connectivity index (χ2n) is 4.81. The van der Waals surface area contributed by atoms with Crippen LogP contribution in [0.4, 0.5) is 4.39 Å². The van der Waals surface area contributed by atoms with Gasteiger partial charge in [0.05, 0.1) is 4.90 Å². The Balaban J connectivity index is 2.07. The first kappa shape index (κ1) is 15.9. The topological polar surface area (TPSA) is 46.2 Å². The molecule has 2 aromatic carbocycles. The van der Waals surface area contributed by atoms with E-state index in [4.69, 9.17) is 11.6 Å². The van der Waals surface area contributed by atoms with Crippen LogP contribution in [-0.4, -0.2) is 14.5 Å². The van der Waals surface area contributed by atoms with Crippen molar-refractivity contribution in [2.75, 3.05) is 0 Å². The highest BCUT2D eigenvalue weighted by molar-refractivity contribution is 7.89. The molecule has 0 radical (unpaired) electrons. The number of hydrogen-bond acceptors (Lipinski definition) is 2. The summed E-state index contributed by atoms with van der Waals surface area (Å²) < 4.78 is 39.7. The molecular weight excluding hydrogens is 313 g/mol. The average Bonchev–Trinajstić information content (AvgIpc) is 2.38. The van der Waals surface area contributed by atoms with Gasteiger partial charge in [0.25, 0.3) is 0 Å². The SMILES string of the molecule is CC(Cc1cccc(Cl)c1)NS(=O)(=O)c1ccc(F)cc1. The van der Waals surface area contributed by atoms with Crippen LogP contribution in [0.25, 0.3) is 0 Å². The molecule has 0 spiro atoms. The molecule has 1 N–H and O–H groups in total. The highest BCUT2D eigenvalue weighted by Gasteiger charge is 2.17. The minimum atomic E-state index is -3.66. The van der Waals surface area contributed by atoms with Crippen molar-refractivity contribution in [1.82, 2.24) is 4.72 Å². The van der Waals surface area contributed by atoms with Crippen molar-refractivity contribution in [3.8, 4) is 0 Å². The first-order chi connectivity index (χ1) is 9.87. The van der Waals surface area contributed by atoms with Crippen LogP contribution in [0, 0.1) is 5.82 Å². The summed E-state index contributed by atoms with van der Waals surface area (Å²) >= 11 is 5.90. The number of halogens is 2. The predicted molar refractivity (Wildman–Crippen MR) is 81.3 cm³/mol. The molecule has 0 aliphatic heterocycles. The predicted octanol–water partition coefficient (Wildman–Crippen LogP) is 3.39. The third kappa shape index (κ3) is 4.52. The molecule has 0 saturated heterocycles. The van der Waals surface area contributed by atoms with Gasteiger partial charge in [-0.05, 0) is 55.3 Å². The van der Waals surface area contributed by atoms with Crippen molar-refractivity contribution in [2.24, 2.45) is 0 Å². The maximum absolute atomic E-state index is 12.8. The molecule has 0 heterocycles. The van der Waals surface area contributed by atoms with Gasteiger partial charge < -0.3 is 0 Å². The third-order valence-electron chi connectivity index (χ3n) is 2.91. The highest BCUT2D eigenvalue weighted by atomic mass is 35.5. The van der Waals surface area contributed by atoms with Crippen molar-refractivity contribution < 1.29 is 12.8 Å². The van der Waals surface area contributed by atoms with Gasteiger partial charge in [0.15, 0.2) is 0 Å². The molecule has 112 valence electrons. The highest BCUT2D eigenvalue weighted by Crippen LogP contribution is 2.14. The molecule has 2 rings (SSSR count). The van der Waals surface area contributed by atoms with Gasteiger partial charge in [0, 0.05) is 11.1 Å². The van der Waals surface area contributed by atoms with Crippen LogP contribution in [0.2, 0.25) is 5.02 Å². The molecule has 1 atom stereocenters. The van der Waals surface area contributed by atoms with Crippen LogP contribution in [-0.2, 0) is 16.4 Å². The van der Waals surface area contributed by atoms with Gasteiger partial charge >= 0.3 is 0 Å². The van der Waals surface area contributed by atoms with Crippen LogP contribution < -0.4 is 4.72 Å². The summed E-state index contributed by atoms with van der Waals surface area (Å²) in [5.74, 6) is -0.471. The quantitative estimate of drug-likeness (QED) is 0.915. The van der Waals surface area contributed by atoms with Gasteiger partial charge in [-0.25, -0.2) is 17.5 Å². The third-order valence-corrected chi connectivity index (χ3v) is 4.75. The monoisotopic (exact) mass is 327 g/mol. The zero-order chi connectivity index (χ0) is 15.5. The van der Waals surface area contributed by atoms with Crippen molar-refractivity contribution in [3.63, 3.8) is 0 Å².